The van der Waals surface area contributed by atoms with Crippen molar-refractivity contribution in [2.45, 2.75) is 84.5 Å². The van der Waals surface area contributed by atoms with E-state index in [9.17, 15) is 0 Å². The van der Waals surface area contributed by atoms with Crippen molar-refractivity contribution in [2.75, 3.05) is 20.1 Å². The fraction of sp³-hybridized carbons (Fsp3) is 1.00. The van der Waals surface area contributed by atoms with Crippen molar-refractivity contribution in [1.82, 2.24) is 4.90 Å². The van der Waals surface area contributed by atoms with E-state index in [0.29, 0.717) is 0 Å². The Morgan fingerprint density at radius 3 is 2.05 bits per heavy atom. The van der Waals surface area contributed by atoms with E-state index in [1.54, 1.807) is 0 Å². The smallest absolute Gasteiger partial charge is 0.00190 e. The molecule has 0 aromatic heterocycles. The standard InChI is InChI=1S/C18H37N/c1-4-6-8-9-10-12-17(11-7-5-2)18-13-15-19(3)16-14-18/h17-18H,4-16H2,1-3H3. The minimum atomic E-state index is 1.04. The van der Waals surface area contributed by atoms with Crippen molar-refractivity contribution in [3.63, 3.8) is 0 Å². The van der Waals surface area contributed by atoms with Crippen molar-refractivity contribution in [1.29, 1.82) is 0 Å². The maximum absolute atomic E-state index is 2.51. The van der Waals surface area contributed by atoms with Crippen molar-refractivity contribution in [2.24, 2.45) is 11.8 Å². The molecule has 0 bridgehead atoms. The molecule has 0 saturated carbocycles. The lowest BCUT2D eigenvalue weighted by atomic mass is 9.78. The van der Waals surface area contributed by atoms with Crippen LogP contribution in [0.2, 0.25) is 0 Å². The molecule has 1 saturated heterocycles. The minimum Gasteiger partial charge on any atom is -0.306 e. The summed E-state index contributed by atoms with van der Waals surface area (Å²) in [7, 11) is 2.28. The number of piperidine rings is 1. The van der Waals surface area contributed by atoms with E-state index in [-0.39, 0.29) is 0 Å². The summed E-state index contributed by atoms with van der Waals surface area (Å²) in [6, 6.07) is 0. The first kappa shape index (κ1) is 17.0. The highest BCUT2D eigenvalue weighted by Crippen LogP contribution is 2.32. The van der Waals surface area contributed by atoms with Gasteiger partial charge in [-0.25, -0.2) is 0 Å². The molecule has 0 aliphatic carbocycles. The molecule has 1 fully saturated rings. The first-order valence-corrected chi connectivity index (χ1v) is 8.96. The number of nitrogens with zero attached hydrogens (tertiary/aromatic N) is 1. The first-order valence-electron chi connectivity index (χ1n) is 8.96. The van der Waals surface area contributed by atoms with Gasteiger partial charge in [0.1, 0.15) is 0 Å². The SMILES string of the molecule is CCCCCCCC(CCCC)C1CCN(C)CC1. The fourth-order valence-electron chi connectivity index (χ4n) is 3.59. The molecule has 1 unspecified atom stereocenters. The molecule has 0 spiro atoms. The Bertz CT molecular complexity index is 194. The highest BCUT2D eigenvalue weighted by molar-refractivity contribution is 4.77. The van der Waals surface area contributed by atoms with E-state index in [1.807, 2.05) is 0 Å². The van der Waals surface area contributed by atoms with Crippen molar-refractivity contribution in [3.8, 4) is 0 Å². The summed E-state index contributed by atoms with van der Waals surface area (Å²) in [5, 5.41) is 0. The van der Waals surface area contributed by atoms with Crippen LogP contribution in [0.15, 0.2) is 0 Å². The van der Waals surface area contributed by atoms with Gasteiger partial charge in [-0.15, -0.1) is 0 Å². The lowest BCUT2D eigenvalue weighted by Gasteiger charge is -2.34. The number of likely N-dealkylation sites (tertiary alicyclic amines) is 1. The van der Waals surface area contributed by atoms with E-state index in [2.05, 4.69) is 25.8 Å². The summed E-state index contributed by atoms with van der Waals surface area (Å²) >= 11 is 0. The summed E-state index contributed by atoms with van der Waals surface area (Å²) in [5.41, 5.74) is 0. The molecule has 0 aromatic carbocycles. The van der Waals surface area contributed by atoms with Gasteiger partial charge in [-0.05, 0) is 44.8 Å². The topological polar surface area (TPSA) is 3.24 Å². The van der Waals surface area contributed by atoms with Gasteiger partial charge in [0, 0.05) is 0 Å². The number of hydrogen-bond donors (Lipinski definition) is 0. The lowest BCUT2D eigenvalue weighted by Crippen LogP contribution is -2.33. The van der Waals surface area contributed by atoms with Gasteiger partial charge >= 0.3 is 0 Å². The Hall–Kier alpha value is -0.0400. The van der Waals surface area contributed by atoms with Gasteiger partial charge in [-0.3, -0.25) is 0 Å². The summed E-state index contributed by atoms with van der Waals surface area (Å²) in [4.78, 5) is 2.51. The van der Waals surface area contributed by atoms with Crippen LogP contribution >= 0.6 is 0 Å². The van der Waals surface area contributed by atoms with Crippen LogP contribution < -0.4 is 0 Å². The Kier molecular flexibility index (Phi) is 9.59. The zero-order valence-corrected chi connectivity index (χ0v) is 13.8. The molecular weight excluding hydrogens is 230 g/mol. The van der Waals surface area contributed by atoms with E-state index in [4.69, 9.17) is 0 Å². The largest absolute Gasteiger partial charge is 0.306 e. The fourth-order valence-corrected chi connectivity index (χ4v) is 3.59. The van der Waals surface area contributed by atoms with Gasteiger partial charge in [0.05, 0.1) is 0 Å². The normalized spacial score (nSPS) is 19.7. The molecule has 0 N–H and O–H groups in total. The Morgan fingerprint density at radius 1 is 0.842 bits per heavy atom. The number of hydrogen-bond acceptors (Lipinski definition) is 1. The van der Waals surface area contributed by atoms with Gasteiger partial charge in [0.15, 0.2) is 0 Å². The molecule has 19 heavy (non-hydrogen) atoms. The quantitative estimate of drug-likeness (QED) is 0.473. The summed E-state index contributed by atoms with van der Waals surface area (Å²) < 4.78 is 0. The highest BCUT2D eigenvalue weighted by Gasteiger charge is 2.24. The molecule has 1 aliphatic heterocycles. The van der Waals surface area contributed by atoms with E-state index < -0.39 is 0 Å². The van der Waals surface area contributed by atoms with Gasteiger partial charge in [-0.1, -0.05) is 71.6 Å². The third-order valence-electron chi connectivity index (χ3n) is 5.04. The predicted molar refractivity (Wildman–Crippen MR) is 86.6 cm³/mol. The maximum atomic E-state index is 2.51. The van der Waals surface area contributed by atoms with E-state index in [0.717, 1.165) is 11.8 Å². The molecule has 0 radical (unpaired) electrons. The van der Waals surface area contributed by atoms with Crippen molar-refractivity contribution < 1.29 is 0 Å². The molecule has 1 rings (SSSR count). The van der Waals surface area contributed by atoms with Crippen molar-refractivity contribution in [3.05, 3.63) is 0 Å². The minimum absolute atomic E-state index is 1.04. The van der Waals surface area contributed by atoms with Crippen LogP contribution in [0.25, 0.3) is 0 Å². The van der Waals surface area contributed by atoms with Gasteiger partial charge in [0.25, 0.3) is 0 Å². The van der Waals surface area contributed by atoms with E-state index in [1.165, 1.54) is 83.7 Å². The molecule has 114 valence electrons. The Balaban J connectivity index is 2.25. The molecule has 1 heterocycles. The van der Waals surface area contributed by atoms with Crippen LogP contribution in [0.4, 0.5) is 0 Å². The summed E-state index contributed by atoms with van der Waals surface area (Å²) in [6.45, 7) is 7.32. The summed E-state index contributed by atoms with van der Waals surface area (Å²) in [5.74, 6) is 2.07. The Morgan fingerprint density at radius 2 is 1.42 bits per heavy atom. The molecule has 0 aromatic rings. The number of unbranched alkanes of at least 4 members (excludes halogenated alkanes) is 5. The second-order valence-electron chi connectivity index (χ2n) is 6.75. The van der Waals surface area contributed by atoms with Crippen LogP contribution in [0.3, 0.4) is 0 Å². The Labute approximate surface area is 122 Å². The van der Waals surface area contributed by atoms with E-state index >= 15 is 0 Å². The van der Waals surface area contributed by atoms with Crippen LogP contribution in [0.5, 0.6) is 0 Å². The zero-order valence-electron chi connectivity index (χ0n) is 13.8. The van der Waals surface area contributed by atoms with Crippen LogP contribution in [0, 0.1) is 11.8 Å². The molecule has 1 aliphatic rings. The monoisotopic (exact) mass is 267 g/mol. The van der Waals surface area contributed by atoms with Gasteiger partial charge < -0.3 is 4.90 Å². The molecule has 1 atom stereocenters. The lowest BCUT2D eigenvalue weighted by molar-refractivity contribution is 0.155. The highest BCUT2D eigenvalue weighted by atomic mass is 15.1. The molecule has 1 nitrogen and oxygen atoms in total. The van der Waals surface area contributed by atoms with Crippen LogP contribution in [-0.4, -0.2) is 25.0 Å². The average molecular weight is 268 g/mol. The summed E-state index contributed by atoms with van der Waals surface area (Å²) in [6.07, 6.45) is 16.0. The zero-order chi connectivity index (χ0) is 13.9. The molecule has 0 amide bonds. The molecular formula is C18H37N. The third-order valence-corrected chi connectivity index (χ3v) is 5.04. The molecule has 1 heteroatoms. The predicted octanol–water partition coefficient (Wildman–Crippen LogP) is 5.50. The second-order valence-corrected chi connectivity index (χ2v) is 6.75. The van der Waals surface area contributed by atoms with Crippen molar-refractivity contribution >= 4 is 0 Å². The van der Waals surface area contributed by atoms with Crippen LogP contribution in [0.1, 0.15) is 84.5 Å². The number of rotatable bonds is 10. The second kappa shape index (κ2) is 10.7. The van der Waals surface area contributed by atoms with Crippen LogP contribution in [-0.2, 0) is 0 Å². The third kappa shape index (κ3) is 7.34. The maximum Gasteiger partial charge on any atom is -0.00190 e. The first-order chi connectivity index (χ1) is 9.27. The average Bonchev–Trinajstić information content (AvgIpc) is 2.43. The van der Waals surface area contributed by atoms with Gasteiger partial charge in [-0.2, -0.15) is 0 Å². The van der Waals surface area contributed by atoms with Gasteiger partial charge in [0.2, 0.25) is 0 Å².